The fourth-order valence-corrected chi connectivity index (χ4v) is 3.65. The Kier molecular flexibility index (Phi) is 9.92. The molecule has 29 heavy (non-hydrogen) atoms. The topological polar surface area (TPSA) is 34.5 Å². The van der Waals surface area contributed by atoms with Crippen molar-refractivity contribution >= 4 is 5.91 Å². The molecule has 5 heteroatoms. The van der Waals surface area contributed by atoms with Crippen LogP contribution in [-0.2, 0) is 22.6 Å². The number of carbonyl (C=O) groups excluding carboxylic acids is 1. The van der Waals surface area contributed by atoms with Gasteiger partial charge in [-0.2, -0.15) is 0 Å². The van der Waals surface area contributed by atoms with E-state index in [1.165, 1.54) is 6.07 Å². The van der Waals surface area contributed by atoms with Crippen molar-refractivity contribution in [3.05, 3.63) is 59.7 Å². The molecule has 0 fully saturated rings. The molecule has 0 unspecified atom stereocenters. The first kappa shape index (κ1) is 23.1. The molecule has 0 saturated heterocycles. The Labute approximate surface area is 174 Å². The summed E-state index contributed by atoms with van der Waals surface area (Å²) in [5, 5.41) is 0. The number of nitrogens with zero attached hydrogens (tertiary/aromatic N) is 2. The zero-order valence-corrected chi connectivity index (χ0v) is 18.1. The van der Waals surface area contributed by atoms with Crippen molar-refractivity contribution < 1.29 is 13.9 Å². The van der Waals surface area contributed by atoms with Crippen LogP contribution in [0, 0.1) is 11.7 Å². The molecule has 0 N–H and O–H groups in total. The van der Waals surface area contributed by atoms with Crippen molar-refractivity contribution in [2.45, 2.75) is 59.0 Å². The van der Waals surface area contributed by atoms with Gasteiger partial charge in [-0.15, -0.1) is 0 Å². The number of methoxy groups -OCH3 is 1. The van der Waals surface area contributed by atoms with E-state index in [0.717, 1.165) is 43.4 Å². The van der Waals surface area contributed by atoms with Gasteiger partial charge in [0.1, 0.15) is 5.82 Å². The van der Waals surface area contributed by atoms with E-state index in [4.69, 9.17) is 4.74 Å². The summed E-state index contributed by atoms with van der Waals surface area (Å²) in [5.74, 6) is 0.0778. The predicted octanol–water partition coefficient (Wildman–Crippen LogP) is 5.26. The number of aromatic nitrogens is 1. The largest absolute Gasteiger partial charge is 0.385 e. The second kappa shape index (κ2) is 12.4. The third kappa shape index (κ3) is 7.32. The van der Waals surface area contributed by atoms with Crippen LogP contribution in [0.1, 0.15) is 57.2 Å². The van der Waals surface area contributed by atoms with E-state index in [-0.39, 0.29) is 17.6 Å². The quantitative estimate of drug-likeness (QED) is 0.429. The number of hydrogen-bond acceptors (Lipinski definition) is 2. The highest BCUT2D eigenvalue weighted by molar-refractivity contribution is 5.78. The van der Waals surface area contributed by atoms with Crippen LogP contribution in [0.2, 0.25) is 0 Å². The fraction of sp³-hybridized carbons (Fsp3) is 0.542. The number of benzene rings is 1. The first-order valence-corrected chi connectivity index (χ1v) is 10.7. The molecule has 2 aromatic rings. The van der Waals surface area contributed by atoms with Crippen LogP contribution >= 0.6 is 0 Å². The van der Waals surface area contributed by atoms with Crippen molar-refractivity contribution in [1.82, 2.24) is 9.47 Å². The number of ether oxygens (including phenoxy) is 1. The van der Waals surface area contributed by atoms with Gasteiger partial charge in [-0.1, -0.05) is 38.8 Å². The number of hydrogen-bond donors (Lipinski definition) is 0. The maximum absolute atomic E-state index is 13.5. The van der Waals surface area contributed by atoms with Crippen LogP contribution in [0.4, 0.5) is 4.39 Å². The summed E-state index contributed by atoms with van der Waals surface area (Å²) < 4.78 is 20.8. The summed E-state index contributed by atoms with van der Waals surface area (Å²) in [6, 6.07) is 10.7. The van der Waals surface area contributed by atoms with Crippen LogP contribution in [0.3, 0.4) is 0 Å². The molecule has 1 heterocycles. The number of rotatable bonds is 13. The minimum absolute atomic E-state index is 0.0733. The van der Waals surface area contributed by atoms with Crippen molar-refractivity contribution in [3.63, 3.8) is 0 Å². The average Bonchev–Trinajstić information content (AvgIpc) is 3.14. The van der Waals surface area contributed by atoms with E-state index in [2.05, 4.69) is 18.4 Å². The molecule has 1 atom stereocenters. The van der Waals surface area contributed by atoms with Crippen molar-refractivity contribution in [2.75, 3.05) is 20.3 Å². The number of amides is 1. The molecular formula is C24H35FN2O2. The minimum Gasteiger partial charge on any atom is -0.385 e. The lowest BCUT2D eigenvalue weighted by Crippen LogP contribution is -2.37. The zero-order valence-electron chi connectivity index (χ0n) is 18.1. The van der Waals surface area contributed by atoms with E-state index >= 15 is 0 Å². The van der Waals surface area contributed by atoms with E-state index in [0.29, 0.717) is 26.2 Å². The van der Waals surface area contributed by atoms with Crippen LogP contribution in [0.5, 0.6) is 0 Å². The Morgan fingerprint density at radius 1 is 1.21 bits per heavy atom. The van der Waals surface area contributed by atoms with Gasteiger partial charge in [-0.25, -0.2) is 4.39 Å². The molecule has 0 bridgehead atoms. The maximum Gasteiger partial charge on any atom is 0.226 e. The molecule has 0 spiro atoms. The minimum atomic E-state index is -0.228. The normalized spacial score (nSPS) is 12.1. The molecule has 0 radical (unpaired) electrons. The third-order valence-corrected chi connectivity index (χ3v) is 5.35. The molecule has 1 amide bonds. The monoisotopic (exact) mass is 402 g/mol. The number of carbonyl (C=O) groups is 1. The third-order valence-electron chi connectivity index (χ3n) is 5.35. The molecule has 1 aromatic carbocycles. The molecule has 0 saturated carbocycles. The van der Waals surface area contributed by atoms with E-state index in [9.17, 15) is 9.18 Å². The zero-order chi connectivity index (χ0) is 21.1. The molecule has 0 aliphatic heterocycles. The Hall–Kier alpha value is -2.14. The summed E-state index contributed by atoms with van der Waals surface area (Å²) in [6.07, 6.45) is 6.79. The van der Waals surface area contributed by atoms with Crippen LogP contribution in [0.15, 0.2) is 42.6 Å². The standard InChI is InChI=1S/C24H35FN2O2/c1-4-6-11-21(5-2)24(28)27(15-9-16-29-3)19-23-13-8-14-26(23)18-20-10-7-12-22(25)17-20/h7-8,10,12-14,17,21H,4-6,9,11,15-16,18-19H2,1-3H3/t21-/m0/s1. The van der Waals surface area contributed by atoms with E-state index < -0.39 is 0 Å². The summed E-state index contributed by atoms with van der Waals surface area (Å²) in [4.78, 5) is 15.2. The van der Waals surface area contributed by atoms with E-state index in [1.54, 1.807) is 19.2 Å². The summed E-state index contributed by atoms with van der Waals surface area (Å²) >= 11 is 0. The first-order chi connectivity index (χ1) is 14.1. The SMILES string of the molecule is CCCC[C@H](CC)C(=O)N(CCCOC)Cc1cccn1Cc1cccc(F)c1. The Balaban J connectivity index is 2.14. The van der Waals surface area contributed by atoms with Gasteiger partial charge in [0, 0.05) is 44.6 Å². The first-order valence-electron chi connectivity index (χ1n) is 10.7. The summed E-state index contributed by atoms with van der Waals surface area (Å²) in [6.45, 7) is 6.73. The van der Waals surface area contributed by atoms with Gasteiger partial charge < -0.3 is 14.2 Å². The van der Waals surface area contributed by atoms with Crippen LogP contribution in [-0.4, -0.2) is 35.6 Å². The highest BCUT2D eigenvalue weighted by Crippen LogP contribution is 2.19. The molecule has 4 nitrogen and oxygen atoms in total. The number of halogens is 1. The van der Waals surface area contributed by atoms with Gasteiger partial charge in [-0.05, 0) is 49.1 Å². The van der Waals surface area contributed by atoms with Crippen molar-refractivity contribution in [2.24, 2.45) is 5.92 Å². The van der Waals surface area contributed by atoms with Crippen molar-refractivity contribution in [1.29, 1.82) is 0 Å². The van der Waals surface area contributed by atoms with E-state index in [1.807, 2.05) is 29.3 Å². The van der Waals surface area contributed by atoms with Crippen LogP contribution < -0.4 is 0 Å². The highest BCUT2D eigenvalue weighted by Gasteiger charge is 2.23. The lowest BCUT2D eigenvalue weighted by atomic mass is 9.97. The van der Waals surface area contributed by atoms with Gasteiger partial charge >= 0.3 is 0 Å². The number of unbranched alkanes of at least 4 members (excludes halogenated alkanes) is 1. The predicted molar refractivity (Wildman–Crippen MR) is 115 cm³/mol. The van der Waals surface area contributed by atoms with Gasteiger partial charge in [-0.3, -0.25) is 4.79 Å². The molecule has 2 rings (SSSR count). The molecule has 1 aromatic heterocycles. The molecular weight excluding hydrogens is 367 g/mol. The lowest BCUT2D eigenvalue weighted by Gasteiger charge is -2.28. The smallest absolute Gasteiger partial charge is 0.226 e. The Morgan fingerprint density at radius 3 is 2.72 bits per heavy atom. The molecule has 0 aliphatic rings. The van der Waals surface area contributed by atoms with Gasteiger partial charge in [0.2, 0.25) is 5.91 Å². The summed E-state index contributed by atoms with van der Waals surface area (Å²) in [5.41, 5.74) is 1.97. The Bertz CT molecular complexity index is 744. The van der Waals surface area contributed by atoms with Gasteiger partial charge in [0.25, 0.3) is 0 Å². The molecule has 160 valence electrons. The lowest BCUT2D eigenvalue weighted by molar-refractivity contribution is -0.136. The Morgan fingerprint density at radius 2 is 2.03 bits per heavy atom. The fourth-order valence-electron chi connectivity index (χ4n) is 3.65. The summed E-state index contributed by atoms with van der Waals surface area (Å²) in [7, 11) is 1.69. The van der Waals surface area contributed by atoms with Crippen molar-refractivity contribution in [3.8, 4) is 0 Å². The molecule has 0 aliphatic carbocycles. The van der Waals surface area contributed by atoms with Gasteiger partial charge in [0.15, 0.2) is 0 Å². The van der Waals surface area contributed by atoms with Gasteiger partial charge in [0.05, 0.1) is 6.54 Å². The highest BCUT2D eigenvalue weighted by atomic mass is 19.1. The second-order valence-corrected chi connectivity index (χ2v) is 7.61. The average molecular weight is 403 g/mol. The van der Waals surface area contributed by atoms with Crippen LogP contribution in [0.25, 0.3) is 0 Å². The second-order valence-electron chi connectivity index (χ2n) is 7.61. The maximum atomic E-state index is 13.5.